The van der Waals surface area contributed by atoms with E-state index in [2.05, 4.69) is 32.3 Å². The molecule has 0 amide bonds. The van der Waals surface area contributed by atoms with Crippen molar-refractivity contribution in [2.45, 2.75) is 44.4 Å². The predicted octanol–water partition coefficient (Wildman–Crippen LogP) is 0.109. The number of fused-ring (bicyclic) bond motifs is 2. The molecule has 0 saturated carbocycles. The minimum absolute atomic E-state index is 0.394. The zero-order chi connectivity index (χ0) is 15.4. The Hall–Kier alpha value is -0.850. The molecule has 3 fully saturated rings. The monoisotopic (exact) mass is 309 g/mol. The lowest BCUT2D eigenvalue weighted by Crippen LogP contribution is -2.51. The number of nitrogens with one attached hydrogen (secondary N) is 2. The third-order valence-electron chi connectivity index (χ3n) is 5.28. The largest absolute Gasteiger partial charge is 0.373 e. The van der Waals surface area contributed by atoms with Crippen LogP contribution in [-0.2, 0) is 4.74 Å². The van der Waals surface area contributed by atoms with Crippen molar-refractivity contribution in [2.75, 3.05) is 52.9 Å². The Bertz CT molecular complexity index is 381. The molecule has 3 aliphatic heterocycles. The summed E-state index contributed by atoms with van der Waals surface area (Å²) in [7, 11) is 1.85. The van der Waals surface area contributed by atoms with Crippen molar-refractivity contribution in [3.8, 4) is 0 Å². The molecule has 3 atom stereocenters. The number of aliphatic imine (C=N–C) groups is 1. The standard InChI is InChI=1S/C16H31N5O/c1-3-20-8-10-21(11-9-20)7-6-18-16(17-2)19-14-12-13-4-5-15(14)22-13/h13-15H,3-12H2,1-2H3,(H2,17,18,19). The van der Waals surface area contributed by atoms with Crippen molar-refractivity contribution in [1.82, 2.24) is 20.4 Å². The quantitative estimate of drug-likeness (QED) is 0.558. The fourth-order valence-corrected chi connectivity index (χ4v) is 3.82. The maximum Gasteiger partial charge on any atom is 0.191 e. The topological polar surface area (TPSA) is 52.1 Å². The number of ether oxygens (including phenoxy) is 1. The smallest absolute Gasteiger partial charge is 0.191 e. The summed E-state index contributed by atoms with van der Waals surface area (Å²) >= 11 is 0. The second-order valence-corrected chi connectivity index (χ2v) is 6.64. The molecule has 3 heterocycles. The molecule has 0 aromatic carbocycles. The lowest BCUT2D eigenvalue weighted by Gasteiger charge is -2.34. The van der Waals surface area contributed by atoms with Crippen LogP contribution in [0.25, 0.3) is 0 Å². The molecule has 0 radical (unpaired) electrons. The van der Waals surface area contributed by atoms with Gasteiger partial charge in [0, 0.05) is 46.3 Å². The van der Waals surface area contributed by atoms with E-state index in [1.165, 1.54) is 45.6 Å². The van der Waals surface area contributed by atoms with Crippen molar-refractivity contribution >= 4 is 5.96 Å². The second-order valence-electron chi connectivity index (χ2n) is 6.64. The van der Waals surface area contributed by atoms with Crippen molar-refractivity contribution in [1.29, 1.82) is 0 Å². The number of rotatable bonds is 5. The molecule has 3 unspecified atom stereocenters. The van der Waals surface area contributed by atoms with Gasteiger partial charge in [-0.25, -0.2) is 0 Å². The Kier molecular flexibility index (Phi) is 5.55. The highest BCUT2D eigenvalue weighted by molar-refractivity contribution is 5.80. The molecular formula is C16H31N5O. The first-order valence-electron chi connectivity index (χ1n) is 8.86. The minimum Gasteiger partial charge on any atom is -0.373 e. The van der Waals surface area contributed by atoms with Crippen LogP contribution >= 0.6 is 0 Å². The molecule has 0 aromatic rings. The molecule has 2 N–H and O–H groups in total. The third kappa shape index (κ3) is 3.91. The van der Waals surface area contributed by atoms with Gasteiger partial charge in [-0.05, 0) is 25.8 Å². The van der Waals surface area contributed by atoms with E-state index in [1.54, 1.807) is 0 Å². The molecule has 3 saturated heterocycles. The number of guanidine groups is 1. The van der Waals surface area contributed by atoms with Gasteiger partial charge in [-0.1, -0.05) is 6.92 Å². The highest BCUT2D eigenvalue weighted by Crippen LogP contribution is 2.34. The molecule has 6 heteroatoms. The van der Waals surface area contributed by atoms with E-state index in [4.69, 9.17) is 4.74 Å². The zero-order valence-corrected chi connectivity index (χ0v) is 14.1. The SMILES string of the molecule is CCN1CCN(CCNC(=NC)NC2CC3CCC2O3)CC1. The summed E-state index contributed by atoms with van der Waals surface area (Å²) in [5.41, 5.74) is 0. The van der Waals surface area contributed by atoms with Crippen molar-refractivity contribution in [2.24, 2.45) is 4.99 Å². The Morgan fingerprint density at radius 3 is 2.55 bits per heavy atom. The van der Waals surface area contributed by atoms with Gasteiger partial charge >= 0.3 is 0 Å². The number of nitrogens with zero attached hydrogens (tertiary/aromatic N) is 3. The average molecular weight is 309 g/mol. The van der Waals surface area contributed by atoms with Gasteiger partial charge in [0.1, 0.15) is 0 Å². The van der Waals surface area contributed by atoms with Crippen LogP contribution in [0.5, 0.6) is 0 Å². The van der Waals surface area contributed by atoms with E-state index >= 15 is 0 Å². The summed E-state index contributed by atoms with van der Waals surface area (Å²) < 4.78 is 5.89. The molecule has 22 heavy (non-hydrogen) atoms. The van der Waals surface area contributed by atoms with Crippen LogP contribution in [0.1, 0.15) is 26.2 Å². The summed E-state index contributed by atoms with van der Waals surface area (Å²) in [5.74, 6) is 0.924. The first-order chi connectivity index (χ1) is 10.8. The number of hydrogen-bond acceptors (Lipinski definition) is 4. The van der Waals surface area contributed by atoms with Crippen LogP contribution in [0.4, 0.5) is 0 Å². The zero-order valence-electron chi connectivity index (χ0n) is 14.1. The molecular weight excluding hydrogens is 278 g/mol. The van der Waals surface area contributed by atoms with Gasteiger partial charge in [-0.15, -0.1) is 0 Å². The number of hydrogen-bond donors (Lipinski definition) is 2. The lowest BCUT2D eigenvalue weighted by molar-refractivity contribution is 0.0992. The van der Waals surface area contributed by atoms with Gasteiger partial charge < -0.3 is 20.3 Å². The Balaban J connectivity index is 1.34. The third-order valence-corrected chi connectivity index (χ3v) is 5.28. The van der Waals surface area contributed by atoms with Gasteiger partial charge in [0.15, 0.2) is 5.96 Å². The van der Waals surface area contributed by atoms with Crippen LogP contribution < -0.4 is 10.6 Å². The molecule has 0 aromatic heterocycles. The fourth-order valence-electron chi connectivity index (χ4n) is 3.82. The predicted molar refractivity (Wildman–Crippen MR) is 89.4 cm³/mol. The van der Waals surface area contributed by atoms with E-state index in [0.717, 1.165) is 25.5 Å². The normalized spacial score (nSPS) is 33.4. The maximum absolute atomic E-state index is 5.89. The highest BCUT2D eigenvalue weighted by Gasteiger charge is 2.41. The van der Waals surface area contributed by atoms with Crippen LogP contribution in [0.2, 0.25) is 0 Å². The van der Waals surface area contributed by atoms with E-state index in [-0.39, 0.29) is 0 Å². The van der Waals surface area contributed by atoms with E-state index in [9.17, 15) is 0 Å². The fraction of sp³-hybridized carbons (Fsp3) is 0.938. The summed E-state index contributed by atoms with van der Waals surface area (Å²) in [6, 6.07) is 0.443. The minimum atomic E-state index is 0.394. The molecule has 3 aliphatic rings. The second kappa shape index (κ2) is 7.62. The van der Waals surface area contributed by atoms with Gasteiger partial charge in [0.05, 0.1) is 18.2 Å². The molecule has 0 spiro atoms. The van der Waals surface area contributed by atoms with Crippen LogP contribution in [0.3, 0.4) is 0 Å². The number of likely N-dealkylation sites (N-methyl/N-ethyl adjacent to an activating group) is 1. The average Bonchev–Trinajstić information content (AvgIpc) is 3.17. The van der Waals surface area contributed by atoms with Gasteiger partial charge in [0.2, 0.25) is 0 Å². The van der Waals surface area contributed by atoms with E-state index in [1.807, 2.05) is 7.05 Å². The van der Waals surface area contributed by atoms with Gasteiger partial charge in [-0.2, -0.15) is 0 Å². The Morgan fingerprint density at radius 2 is 1.95 bits per heavy atom. The van der Waals surface area contributed by atoms with Crippen LogP contribution in [0.15, 0.2) is 4.99 Å². The van der Waals surface area contributed by atoms with Crippen molar-refractivity contribution < 1.29 is 4.74 Å². The van der Waals surface area contributed by atoms with Crippen molar-refractivity contribution in [3.05, 3.63) is 0 Å². The van der Waals surface area contributed by atoms with E-state index in [0.29, 0.717) is 18.2 Å². The molecule has 126 valence electrons. The molecule has 0 aliphatic carbocycles. The lowest BCUT2D eigenvalue weighted by atomic mass is 9.96. The van der Waals surface area contributed by atoms with Crippen LogP contribution in [0, 0.1) is 0 Å². The van der Waals surface area contributed by atoms with Gasteiger partial charge in [0.25, 0.3) is 0 Å². The first kappa shape index (κ1) is 16.0. The van der Waals surface area contributed by atoms with Crippen LogP contribution in [-0.4, -0.2) is 86.9 Å². The highest BCUT2D eigenvalue weighted by atomic mass is 16.5. The maximum atomic E-state index is 5.89. The summed E-state index contributed by atoms with van der Waals surface area (Å²) in [6.07, 6.45) is 4.44. The summed E-state index contributed by atoms with van der Waals surface area (Å²) in [6.45, 7) is 10.2. The Labute approximate surface area is 134 Å². The van der Waals surface area contributed by atoms with Gasteiger partial charge in [-0.3, -0.25) is 9.89 Å². The number of piperazine rings is 1. The first-order valence-corrected chi connectivity index (χ1v) is 8.86. The summed E-state index contributed by atoms with van der Waals surface area (Å²) in [5, 5.41) is 6.99. The molecule has 2 bridgehead atoms. The molecule has 6 nitrogen and oxygen atoms in total. The summed E-state index contributed by atoms with van der Waals surface area (Å²) in [4.78, 5) is 9.40. The molecule has 3 rings (SSSR count). The van der Waals surface area contributed by atoms with Crippen molar-refractivity contribution in [3.63, 3.8) is 0 Å². The van der Waals surface area contributed by atoms with E-state index < -0.39 is 0 Å². The Morgan fingerprint density at radius 1 is 1.18 bits per heavy atom.